The second-order valence-electron chi connectivity index (χ2n) is 4.18. The van der Waals surface area contributed by atoms with Crippen molar-refractivity contribution >= 4 is 29.5 Å². The topological polar surface area (TPSA) is 65.0 Å². The Balaban J connectivity index is 3.04. The van der Waals surface area contributed by atoms with Crippen molar-refractivity contribution in [1.82, 2.24) is 15.2 Å². The van der Waals surface area contributed by atoms with E-state index in [2.05, 4.69) is 10.4 Å². The van der Waals surface area contributed by atoms with E-state index >= 15 is 0 Å². The zero-order valence-corrected chi connectivity index (χ0v) is 11.5. The molecule has 0 aliphatic carbocycles. The molecular weight excluding hydrogens is 240 g/mol. The number of rotatable bonds is 3. The second kappa shape index (κ2) is 5.39. The highest BCUT2D eigenvalue weighted by atomic mass is 32.2. The maximum atomic E-state index is 12.2. The third kappa shape index (κ3) is 2.91. The summed E-state index contributed by atoms with van der Waals surface area (Å²) in [5, 5.41) is 8.20. The molecule has 6 nitrogen and oxygen atoms in total. The van der Waals surface area contributed by atoms with Crippen LogP contribution in [0.2, 0.25) is 0 Å². The average molecular weight is 258 g/mol. The van der Waals surface area contributed by atoms with Gasteiger partial charge in [-0.15, -0.1) is 11.8 Å². The summed E-state index contributed by atoms with van der Waals surface area (Å²) >= 11 is 1.36. The highest BCUT2D eigenvalue weighted by Crippen LogP contribution is 2.20. The van der Waals surface area contributed by atoms with E-state index < -0.39 is 5.50 Å². The molecule has 1 aliphatic rings. The zero-order chi connectivity index (χ0) is 13.2. The second-order valence-corrected chi connectivity index (χ2v) is 5.09. The first-order valence-electron chi connectivity index (χ1n) is 5.36. The van der Waals surface area contributed by atoms with Crippen LogP contribution in [0.25, 0.3) is 0 Å². The minimum atomic E-state index is -0.445. The molecule has 1 fully saturated rings. The van der Waals surface area contributed by atoms with Gasteiger partial charge in [-0.1, -0.05) is 0 Å². The summed E-state index contributed by atoms with van der Waals surface area (Å²) in [5.41, 5.74) is 0.317. The number of carbonyl (C=O) groups is 2. The van der Waals surface area contributed by atoms with Crippen LogP contribution < -0.4 is 5.32 Å². The Kier molecular flexibility index (Phi) is 4.39. The number of hydrogen-bond donors (Lipinski definition) is 1. The van der Waals surface area contributed by atoms with Crippen molar-refractivity contribution in [2.75, 3.05) is 6.26 Å². The first-order valence-corrected chi connectivity index (χ1v) is 6.64. The van der Waals surface area contributed by atoms with Crippen molar-refractivity contribution < 1.29 is 9.59 Å². The molecule has 1 aliphatic heterocycles. The number of amides is 4. The van der Waals surface area contributed by atoms with E-state index in [1.165, 1.54) is 21.7 Å². The Bertz CT molecular complexity index is 352. The number of urea groups is 2. The molecule has 7 heteroatoms. The van der Waals surface area contributed by atoms with Gasteiger partial charge in [-0.3, -0.25) is 0 Å². The lowest BCUT2D eigenvalue weighted by Gasteiger charge is -2.38. The number of nitrogens with one attached hydrogen (secondary N) is 1. The molecule has 1 unspecified atom stereocenters. The predicted octanol–water partition coefficient (Wildman–Crippen LogP) is 1.88. The molecular formula is C10H18N4O2S. The normalized spacial score (nSPS) is 20.7. The monoisotopic (exact) mass is 258 g/mol. The lowest BCUT2D eigenvalue weighted by atomic mass is 10.3. The van der Waals surface area contributed by atoms with Gasteiger partial charge in [0.15, 0.2) is 5.50 Å². The molecule has 0 aromatic rings. The van der Waals surface area contributed by atoms with E-state index in [4.69, 9.17) is 0 Å². The fraction of sp³-hybridized carbons (Fsp3) is 0.700. The van der Waals surface area contributed by atoms with Crippen molar-refractivity contribution in [2.45, 2.75) is 39.2 Å². The Labute approximate surface area is 105 Å². The maximum absolute atomic E-state index is 12.2. The first-order chi connectivity index (χ1) is 7.88. The lowest BCUT2D eigenvalue weighted by molar-refractivity contribution is 0.116. The molecule has 17 heavy (non-hydrogen) atoms. The first kappa shape index (κ1) is 13.8. The van der Waals surface area contributed by atoms with Crippen molar-refractivity contribution in [3.05, 3.63) is 0 Å². The van der Waals surface area contributed by atoms with Crippen molar-refractivity contribution in [1.29, 1.82) is 0 Å². The minimum absolute atomic E-state index is 0.194. The van der Waals surface area contributed by atoms with Gasteiger partial charge in [-0.05, 0) is 34.0 Å². The van der Waals surface area contributed by atoms with Crippen LogP contribution in [0.1, 0.15) is 27.7 Å². The van der Waals surface area contributed by atoms with Gasteiger partial charge in [-0.25, -0.2) is 14.5 Å². The van der Waals surface area contributed by atoms with E-state index in [1.54, 1.807) is 27.7 Å². The molecule has 0 radical (unpaired) electrons. The van der Waals surface area contributed by atoms with Crippen LogP contribution in [0, 0.1) is 0 Å². The van der Waals surface area contributed by atoms with Gasteiger partial charge in [-0.2, -0.15) is 10.1 Å². The van der Waals surface area contributed by atoms with Crippen LogP contribution in [0.4, 0.5) is 9.59 Å². The fourth-order valence-corrected chi connectivity index (χ4v) is 2.01. The molecule has 0 aromatic heterocycles. The summed E-state index contributed by atoms with van der Waals surface area (Å²) in [7, 11) is 0. The highest BCUT2D eigenvalue weighted by molar-refractivity contribution is 7.99. The molecule has 0 saturated carbocycles. The largest absolute Gasteiger partial charge is 0.351 e. The number of imide groups is 1. The number of hydrogen-bond acceptors (Lipinski definition) is 4. The Morgan fingerprint density at radius 2 is 2.00 bits per heavy atom. The summed E-state index contributed by atoms with van der Waals surface area (Å²) in [4.78, 5) is 25.1. The van der Waals surface area contributed by atoms with Crippen molar-refractivity contribution in [3.63, 3.8) is 0 Å². The summed E-state index contributed by atoms with van der Waals surface area (Å²) in [6.07, 6.45) is 1.82. The third-order valence-electron chi connectivity index (χ3n) is 2.14. The summed E-state index contributed by atoms with van der Waals surface area (Å²) in [6, 6.07) is -0.950. The summed E-state index contributed by atoms with van der Waals surface area (Å²) in [6.45, 7) is 7.19. The molecule has 0 bridgehead atoms. The Hall–Kier alpha value is -1.24. The highest BCUT2D eigenvalue weighted by Gasteiger charge is 2.39. The SMILES string of the molecule is CSC1NC(=O)N(C(C)C)C(=O)N1N=C(C)C. The molecule has 1 rings (SSSR count). The van der Waals surface area contributed by atoms with Crippen molar-refractivity contribution in [2.24, 2.45) is 5.10 Å². The standard InChI is InChI=1S/C10H18N4O2S/c1-6(2)12-14-9(17-5)11-8(15)13(7(3)4)10(14)16/h7,9H,1-5H3,(H,11,15). The molecule has 96 valence electrons. The molecule has 1 saturated heterocycles. The van der Waals surface area contributed by atoms with E-state index in [0.717, 1.165) is 5.71 Å². The number of thioether (sulfide) groups is 1. The van der Waals surface area contributed by atoms with Gasteiger partial charge in [0.05, 0.1) is 0 Å². The van der Waals surface area contributed by atoms with Gasteiger partial charge in [0.1, 0.15) is 0 Å². The van der Waals surface area contributed by atoms with Crippen LogP contribution in [-0.4, -0.2) is 45.5 Å². The Morgan fingerprint density at radius 1 is 1.41 bits per heavy atom. The molecule has 1 heterocycles. The smallest absolute Gasteiger partial charge is 0.307 e. The zero-order valence-electron chi connectivity index (χ0n) is 10.7. The van der Waals surface area contributed by atoms with Crippen LogP contribution in [0.3, 0.4) is 0 Å². The van der Waals surface area contributed by atoms with Crippen LogP contribution in [0.15, 0.2) is 5.10 Å². The van der Waals surface area contributed by atoms with E-state index in [-0.39, 0.29) is 18.1 Å². The van der Waals surface area contributed by atoms with Crippen LogP contribution in [-0.2, 0) is 0 Å². The van der Waals surface area contributed by atoms with Gasteiger partial charge in [0.2, 0.25) is 0 Å². The number of carbonyl (C=O) groups excluding carboxylic acids is 2. The molecule has 1 atom stereocenters. The molecule has 0 aromatic carbocycles. The van der Waals surface area contributed by atoms with Gasteiger partial charge in [0.25, 0.3) is 0 Å². The van der Waals surface area contributed by atoms with E-state index in [0.29, 0.717) is 0 Å². The van der Waals surface area contributed by atoms with Crippen molar-refractivity contribution in [3.8, 4) is 0 Å². The van der Waals surface area contributed by atoms with E-state index in [9.17, 15) is 9.59 Å². The molecule has 0 spiro atoms. The Morgan fingerprint density at radius 3 is 2.41 bits per heavy atom. The molecule has 1 N–H and O–H groups in total. The summed E-state index contributed by atoms with van der Waals surface area (Å²) < 4.78 is 0. The third-order valence-corrected chi connectivity index (χ3v) is 2.90. The van der Waals surface area contributed by atoms with Gasteiger partial charge < -0.3 is 5.32 Å². The van der Waals surface area contributed by atoms with E-state index in [1.807, 2.05) is 6.26 Å². The fourth-order valence-electron chi connectivity index (χ4n) is 1.46. The summed E-state index contributed by atoms with van der Waals surface area (Å²) in [5.74, 6) is 0. The van der Waals surface area contributed by atoms with Crippen LogP contribution in [0.5, 0.6) is 0 Å². The predicted molar refractivity (Wildman–Crippen MR) is 68.8 cm³/mol. The maximum Gasteiger partial charge on any atom is 0.351 e. The van der Waals surface area contributed by atoms with Gasteiger partial charge in [0, 0.05) is 11.8 Å². The number of hydrazone groups is 1. The minimum Gasteiger partial charge on any atom is -0.307 e. The average Bonchev–Trinajstić information content (AvgIpc) is 2.20. The number of nitrogens with zero attached hydrogens (tertiary/aromatic N) is 3. The van der Waals surface area contributed by atoms with Crippen LogP contribution >= 0.6 is 11.8 Å². The molecule has 4 amide bonds. The quantitative estimate of drug-likeness (QED) is 0.786. The van der Waals surface area contributed by atoms with Gasteiger partial charge >= 0.3 is 12.1 Å². The lowest BCUT2D eigenvalue weighted by Crippen LogP contribution is -2.63.